The molecule has 1 atom stereocenters. The van der Waals surface area contributed by atoms with Gasteiger partial charge in [0.25, 0.3) is 0 Å². The average Bonchev–Trinajstić information content (AvgIpc) is 2.54. The molecule has 2 nitrogen and oxygen atoms in total. The fraction of sp³-hybridized carbons (Fsp3) is 0.545. The van der Waals surface area contributed by atoms with Crippen LogP contribution < -0.4 is 5.32 Å². The first-order valence-electron chi connectivity index (χ1n) is 5.05. The molecule has 0 aromatic rings. The largest absolute Gasteiger partial charge is 0.326 e. The molecule has 2 aliphatic rings. The van der Waals surface area contributed by atoms with Crippen molar-refractivity contribution in [2.45, 2.75) is 25.7 Å². The van der Waals surface area contributed by atoms with E-state index in [9.17, 15) is 4.79 Å². The molecule has 14 heavy (non-hydrogen) atoms. The molecule has 0 aromatic carbocycles. The van der Waals surface area contributed by atoms with Crippen molar-refractivity contribution in [1.29, 1.82) is 0 Å². The van der Waals surface area contributed by atoms with E-state index in [-0.39, 0.29) is 5.91 Å². The Morgan fingerprint density at radius 2 is 2.43 bits per heavy atom. The molecular formula is C11H14ClNO. The smallest absolute Gasteiger partial charge is 0.228 e. The lowest BCUT2D eigenvalue weighted by Crippen LogP contribution is -2.14. The quantitative estimate of drug-likeness (QED) is 0.714. The van der Waals surface area contributed by atoms with Gasteiger partial charge < -0.3 is 5.32 Å². The zero-order chi connectivity index (χ0) is 9.97. The SMILES string of the molecule is O=C1CC2=C(C=CC(CCCCl)C2)N1. The highest BCUT2D eigenvalue weighted by molar-refractivity contribution is 6.17. The van der Waals surface area contributed by atoms with Crippen LogP contribution in [0.5, 0.6) is 0 Å². The number of nitrogens with one attached hydrogen (secondary N) is 1. The highest BCUT2D eigenvalue weighted by atomic mass is 35.5. The number of hydrogen-bond donors (Lipinski definition) is 1. The fourth-order valence-electron chi connectivity index (χ4n) is 2.07. The molecule has 0 fully saturated rings. The van der Waals surface area contributed by atoms with Crippen molar-refractivity contribution in [2.75, 3.05) is 5.88 Å². The summed E-state index contributed by atoms with van der Waals surface area (Å²) in [7, 11) is 0. The third kappa shape index (κ3) is 2.01. The summed E-state index contributed by atoms with van der Waals surface area (Å²) < 4.78 is 0. The van der Waals surface area contributed by atoms with Crippen LogP contribution in [0, 0.1) is 5.92 Å². The topological polar surface area (TPSA) is 29.1 Å². The average molecular weight is 212 g/mol. The number of halogens is 1. The Balaban J connectivity index is 1.94. The molecule has 0 saturated heterocycles. The first kappa shape index (κ1) is 9.78. The van der Waals surface area contributed by atoms with Crippen LogP contribution in [0.15, 0.2) is 23.4 Å². The van der Waals surface area contributed by atoms with Gasteiger partial charge in [-0.2, -0.15) is 0 Å². The summed E-state index contributed by atoms with van der Waals surface area (Å²) in [6.45, 7) is 0. The zero-order valence-corrected chi connectivity index (χ0v) is 8.81. The van der Waals surface area contributed by atoms with Crippen molar-refractivity contribution >= 4 is 17.5 Å². The summed E-state index contributed by atoms with van der Waals surface area (Å²) in [6, 6.07) is 0. The van der Waals surface area contributed by atoms with Crippen LogP contribution in [-0.4, -0.2) is 11.8 Å². The van der Waals surface area contributed by atoms with Crippen LogP contribution in [-0.2, 0) is 4.79 Å². The normalized spacial score (nSPS) is 25.2. The van der Waals surface area contributed by atoms with E-state index in [0.29, 0.717) is 12.3 Å². The van der Waals surface area contributed by atoms with E-state index in [1.807, 2.05) is 6.08 Å². The first-order chi connectivity index (χ1) is 6.79. The molecule has 2 rings (SSSR count). The van der Waals surface area contributed by atoms with Gasteiger partial charge in [-0.25, -0.2) is 0 Å². The predicted molar refractivity (Wildman–Crippen MR) is 57.0 cm³/mol. The van der Waals surface area contributed by atoms with Gasteiger partial charge in [-0.15, -0.1) is 11.6 Å². The van der Waals surface area contributed by atoms with Gasteiger partial charge in [-0.3, -0.25) is 4.79 Å². The Bertz CT molecular complexity index is 306. The maximum absolute atomic E-state index is 11.1. The minimum absolute atomic E-state index is 0.137. The second-order valence-electron chi connectivity index (χ2n) is 3.90. The first-order valence-corrected chi connectivity index (χ1v) is 5.59. The van der Waals surface area contributed by atoms with Crippen molar-refractivity contribution in [1.82, 2.24) is 5.32 Å². The van der Waals surface area contributed by atoms with Gasteiger partial charge in [-0.1, -0.05) is 6.08 Å². The number of amides is 1. The monoisotopic (exact) mass is 211 g/mol. The Hall–Kier alpha value is -0.760. The Kier molecular flexibility index (Phi) is 2.92. The van der Waals surface area contributed by atoms with Crippen LogP contribution >= 0.6 is 11.6 Å². The summed E-state index contributed by atoms with van der Waals surface area (Å²) in [5, 5.41) is 2.86. The molecular weight excluding hydrogens is 198 g/mol. The summed E-state index contributed by atoms with van der Waals surface area (Å²) in [5.41, 5.74) is 2.31. The molecule has 1 aliphatic heterocycles. The molecule has 0 spiro atoms. The maximum Gasteiger partial charge on any atom is 0.228 e. The molecule has 0 bridgehead atoms. The number of alkyl halides is 1. The zero-order valence-electron chi connectivity index (χ0n) is 8.05. The van der Waals surface area contributed by atoms with Crippen LogP contribution in [0.3, 0.4) is 0 Å². The lowest BCUT2D eigenvalue weighted by atomic mass is 9.89. The summed E-state index contributed by atoms with van der Waals surface area (Å²) in [6.07, 6.45) is 8.05. The van der Waals surface area contributed by atoms with Gasteiger partial charge in [0.15, 0.2) is 0 Å². The molecule has 1 N–H and O–H groups in total. The van der Waals surface area contributed by atoms with Crippen molar-refractivity contribution in [3.8, 4) is 0 Å². The molecule has 1 unspecified atom stereocenters. The number of hydrogen-bond acceptors (Lipinski definition) is 1. The second kappa shape index (κ2) is 4.18. The number of carbonyl (C=O) groups is 1. The van der Waals surface area contributed by atoms with E-state index >= 15 is 0 Å². The Morgan fingerprint density at radius 3 is 3.21 bits per heavy atom. The van der Waals surface area contributed by atoms with Crippen LogP contribution in [0.4, 0.5) is 0 Å². The molecule has 0 saturated carbocycles. The highest BCUT2D eigenvalue weighted by Gasteiger charge is 2.24. The molecule has 76 valence electrons. The third-order valence-electron chi connectivity index (χ3n) is 2.78. The lowest BCUT2D eigenvalue weighted by molar-refractivity contribution is -0.118. The number of allylic oxidation sites excluding steroid dienone is 2. The molecule has 3 heteroatoms. The van der Waals surface area contributed by atoms with Crippen LogP contribution in [0.1, 0.15) is 25.7 Å². The second-order valence-corrected chi connectivity index (χ2v) is 4.27. The molecule has 0 radical (unpaired) electrons. The summed E-state index contributed by atoms with van der Waals surface area (Å²) >= 11 is 5.65. The molecule has 1 aliphatic carbocycles. The highest BCUT2D eigenvalue weighted by Crippen LogP contribution is 2.30. The third-order valence-corrected chi connectivity index (χ3v) is 3.05. The van der Waals surface area contributed by atoms with Gasteiger partial charge in [-0.05, 0) is 36.8 Å². The predicted octanol–water partition coefficient (Wildman–Crippen LogP) is 2.36. The van der Waals surface area contributed by atoms with E-state index in [4.69, 9.17) is 11.6 Å². The number of carbonyl (C=O) groups excluding carboxylic acids is 1. The molecule has 1 amide bonds. The van der Waals surface area contributed by atoms with Gasteiger partial charge in [0.05, 0.1) is 6.42 Å². The minimum atomic E-state index is 0.137. The van der Waals surface area contributed by atoms with Crippen molar-refractivity contribution < 1.29 is 4.79 Å². The Labute approximate surface area is 89.0 Å². The van der Waals surface area contributed by atoms with Crippen molar-refractivity contribution in [3.63, 3.8) is 0 Å². The van der Waals surface area contributed by atoms with E-state index in [0.717, 1.165) is 30.8 Å². The lowest BCUT2D eigenvalue weighted by Gasteiger charge is -2.17. The summed E-state index contributed by atoms with van der Waals surface area (Å²) in [5.74, 6) is 1.45. The van der Waals surface area contributed by atoms with Crippen molar-refractivity contribution in [2.24, 2.45) is 5.92 Å². The maximum atomic E-state index is 11.1. The molecule has 1 heterocycles. The fourth-order valence-corrected chi connectivity index (χ4v) is 2.22. The van der Waals surface area contributed by atoms with E-state index in [1.165, 1.54) is 5.57 Å². The van der Waals surface area contributed by atoms with E-state index in [1.54, 1.807) is 0 Å². The van der Waals surface area contributed by atoms with Crippen LogP contribution in [0.25, 0.3) is 0 Å². The standard InChI is InChI=1S/C11H14ClNO/c12-5-1-2-8-3-4-10-9(6-8)7-11(14)13-10/h3-4,8H,1-2,5-7H2,(H,13,14). The number of rotatable bonds is 3. The van der Waals surface area contributed by atoms with Gasteiger partial charge >= 0.3 is 0 Å². The van der Waals surface area contributed by atoms with E-state index in [2.05, 4.69) is 11.4 Å². The Morgan fingerprint density at radius 1 is 1.57 bits per heavy atom. The van der Waals surface area contributed by atoms with Gasteiger partial charge in [0, 0.05) is 11.6 Å². The summed E-state index contributed by atoms with van der Waals surface area (Å²) in [4.78, 5) is 11.1. The van der Waals surface area contributed by atoms with Crippen molar-refractivity contribution in [3.05, 3.63) is 23.4 Å². The van der Waals surface area contributed by atoms with E-state index < -0.39 is 0 Å². The molecule has 0 aromatic heterocycles. The van der Waals surface area contributed by atoms with Gasteiger partial charge in [0.1, 0.15) is 0 Å². The van der Waals surface area contributed by atoms with Gasteiger partial charge in [0.2, 0.25) is 5.91 Å². The van der Waals surface area contributed by atoms with Crippen LogP contribution in [0.2, 0.25) is 0 Å². The minimum Gasteiger partial charge on any atom is -0.326 e.